The average Bonchev–Trinajstić information content (AvgIpc) is 2.83. The average molecular weight is 307 g/mol. The van der Waals surface area contributed by atoms with E-state index >= 15 is 0 Å². The molecule has 0 fully saturated rings. The predicted molar refractivity (Wildman–Crippen MR) is 78.4 cm³/mol. The number of aromatic nitrogens is 1. The lowest BCUT2D eigenvalue weighted by Crippen LogP contribution is -2.14. The van der Waals surface area contributed by atoms with Gasteiger partial charge in [0.2, 0.25) is 11.8 Å². The van der Waals surface area contributed by atoms with Crippen LogP contribution in [0.4, 0.5) is 9.52 Å². The number of nitrogens with two attached hydrogens (primary N) is 1. The number of primary amides is 1. The largest absolute Gasteiger partial charge is 0.369 e. The number of carbonyl (C=O) groups is 2. The van der Waals surface area contributed by atoms with Gasteiger partial charge in [-0.15, -0.1) is 11.3 Å². The quantitative estimate of drug-likeness (QED) is 0.854. The van der Waals surface area contributed by atoms with Crippen molar-refractivity contribution in [2.24, 2.45) is 5.73 Å². The number of hydrogen-bond donors (Lipinski definition) is 2. The Morgan fingerprint density at radius 1 is 1.38 bits per heavy atom. The van der Waals surface area contributed by atoms with Crippen LogP contribution in [-0.2, 0) is 22.4 Å². The van der Waals surface area contributed by atoms with Crippen molar-refractivity contribution in [3.8, 4) is 0 Å². The van der Waals surface area contributed by atoms with Crippen molar-refractivity contribution in [1.82, 2.24) is 4.98 Å². The number of aryl methyl sites for hydroxylation is 1. The van der Waals surface area contributed by atoms with E-state index in [9.17, 15) is 14.0 Å². The Labute approximate surface area is 125 Å². The fraction of sp³-hybridized carbons (Fsp3) is 0.214. The van der Waals surface area contributed by atoms with E-state index in [1.54, 1.807) is 17.5 Å². The van der Waals surface area contributed by atoms with Gasteiger partial charge in [-0.05, 0) is 24.1 Å². The lowest BCUT2D eigenvalue weighted by atomic mass is 10.1. The van der Waals surface area contributed by atoms with Gasteiger partial charge in [-0.1, -0.05) is 12.1 Å². The van der Waals surface area contributed by atoms with Crippen molar-refractivity contribution in [3.63, 3.8) is 0 Å². The van der Waals surface area contributed by atoms with Gasteiger partial charge >= 0.3 is 0 Å². The van der Waals surface area contributed by atoms with E-state index in [2.05, 4.69) is 10.3 Å². The summed E-state index contributed by atoms with van der Waals surface area (Å²) in [4.78, 5) is 26.6. The van der Waals surface area contributed by atoms with Crippen LogP contribution < -0.4 is 11.1 Å². The van der Waals surface area contributed by atoms with Gasteiger partial charge in [-0.3, -0.25) is 9.59 Å². The zero-order valence-electron chi connectivity index (χ0n) is 11.1. The number of benzene rings is 1. The first kappa shape index (κ1) is 15.1. The highest BCUT2D eigenvalue weighted by atomic mass is 32.1. The van der Waals surface area contributed by atoms with Gasteiger partial charge in [0.25, 0.3) is 0 Å². The van der Waals surface area contributed by atoms with E-state index in [0.29, 0.717) is 17.2 Å². The summed E-state index contributed by atoms with van der Waals surface area (Å²) in [6, 6.07) is 6.14. The summed E-state index contributed by atoms with van der Waals surface area (Å²) in [6.07, 6.45) is 0.729. The molecule has 0 aliphatic rings. The summed E-state index contributed by atoms with van der Waals surface area (Å²) >= 11 is 1.23. The highest BCUT2D eigenvalue weighted by Crippen LogP contribution is 2.16. The lowest BCUT2D eigenvalue weighted by molar-refractivity contribution is -0.117. The Kier molecular flexibility index (Phi) is 4.99. The number of halogens is 1. The summed E-state index contributed by atoms with van der Waals surface area (Å²) < 4.78 is 13.0. The van der Waals surface area contributed by atoms with E-state index in [0.717, 1.165) is 5.56 Å². The second-order valence-corrected chi connectivity index (χ2v) is 5.32. The molecule has 21 heavy (non-hydrogen) atoms. The molecule has 0 aliphatic heterocycles. The van der Waals surface area contributed by atoms with Gasteiger partial charge < -0.3 is 11.1 Å². The molecule has 5 nitrogen and oxygen atoms in total. The maximum atomic E-state index is 13.0. The number of hydrogen-bond acceptors (Lipinski definition) is 4. The summed E-state index contributed by atoms with van der Waals surface area (Å²) in [7, 11) is 0. The molecular weight excluding hydrogens is 293 g/mol. The normalized spacial score (nSPS) is 10.3. The van der Waals surface area contributed by atoms with Crippen molar-refractivity contribution in [2.75, 3.05) is 5.32 Å². The predicted octanol–water partition coefficient (Wildman–Crippen LogP) is 1.88. The zero-order chi connectivity index (χ0) is 15.2. The lowest BCUT2D eigenvalue weighted by Gasteiger charge is -2.02. The number of nitrogens with one attached hydrogen (secondary N) is 1. The Morgan fingerprint density at radius 3 is 2.90 bits per heavy atom. The Balaban J connectivity index is 1.84. The Morgan fingerprint density at radius 2 is 2.19 bits per heavy atom. The number of rotatable bonds is 6. The molecule has 7 heteroatoms. The van der Waals surface area contributed by atoms with Crippen molar-refractivity contribution in [1.29, 1.82) is 0 Å². The number of carbonyl (C=O) groups excluding carboxylic acids is 2. The third-order valence-electron chi connectivity index (χ3n) is 2.68. The van der Waals surface area contributed by atoms with Crippen molar-refractivity contribution in [2.45, 2.75) is 19.3 Å². The highest BCUT2D eigenvalue weighted by molar-refractivity contribution is 7.13. The monoisotopic (exact) mass is 307 g/mol. The maximum Gasteiger partial charge on any atom is 0.226 e. The Hall–Kier alpha value is -2.28. The molecule has 0 saturated carbocycles. The second kappa shape index (κ2) is 6.94. The molecule has 110 valence electrons. The minimum absolute atomic E-state index is 0.0513. The highest BCUT2D eigenvalue weighted by Gasteiger charge is 2.08. The van der Waals surface area contributed by atoms with Crippen LogP contribution in [-0.4, -0.2) is 16.8 Å². The summed E-state index contributed by atoms with van der Waals surface area (Å²) in [5.74, 6) is -0.993. The fourth-order valence-corrected chi connectivity index (χ4v) is 2.48. The molecule has 0 saturated heterocycles. The standard InChI is InChI=1S/C14H14FN3O2S/c15-10-3-1-2-9(6-10)4-5-13(20)18-14-17-11(8-21-14)7-12(16)19/h1-3,6,8H,4-5,7H2,(H2,16,19)(H,17,18,20). The van der Waals surface area contributed by atoms with Gasteiger partial charge in [0.1, 0.15) is 5.82 Å². The van der Waals surface area contributed by atoms with Crippen LogP contribution >= 0.6 is 11.3 Å². The van der Waals surface area contributed by atoms with Crippen LogP contribution in [0.25, 0.3) is 0 Å². The summed E-state index contributed by atoms with van der Waals surface area (Å²) in [6.45, 7) is 0. The molecule has 1 aromatic carbocycles. The Bertz CT molecular complexity index is 657. The van der Waals surface area contributed by atoms with Crippen LogP contribution in [0, 0.1) is 5.82 Å². The SMILES string of the molecule is NC(=O)Cc1csc(NC(=O)CCc2cccc(F)c2)n1. The van der Waals surface area contributed by atoms with E-state index < -0.39 is 5.91 Å². The van der Waals surface area contributed by atoms with Crippen molar-refractivity contribution in [3.05, 3.63) is 46.7 Å². The first-order valence-corrected chi connectivity index (χ1v) is 7.18. The van der Waals surface area contributed by atoms with E-state index in [-0.39, 0.29) is 24.6 Å². The molecule has 1 aromatic heterocycles. The van der Waals surface area contributed by atoms with Gasteiger partial charge in [0, 0.05) is 11.8 Å². The minimum Gasteiger partial charge on any atom is -0.369 e. The molecule has 0 aliphatic carbocycles. The van der Waals surface area contributed by atoms with Crippen molar-refractivity contribution < 1.29 is 14.0 Å². The molecule has 0 bridgehead atoms. The number of thiazole rings is 1. The third-order valence-corrected chi connectivity index (χ3v) is 3.49. The van der Waals surface area contributed by atoms with Crippen LogP contribution in [0.3, 0.4) is 0 Å². The first-order chi connectivity index (χ1) is 10.0. The smallest absolute Gasteiger partial charge is 0.226 e. The van der Waals surface area contributed by atoms with E-state index in [4.69, 9.17) is 5.73 Å². The zero-order valence-corrected chi connectivity index (χ0v) is 12.0. The third kappa shape index (κ3) is 4.96. The van der Waals surface area contributed by atoms with Gasteiger partial charge in [0.15, 0.2) is 5.13 Å². The molecule has 2 amide bonds. The number of nitrogens with zero attached hydrogens (tertiary/aromatic N) is 1. The molecule has 2 aromatic rings. The molecule has 0 radical (unpaired) electrons. The molecule has 2 rings (SSSR count). The van der Waals surface area contributed by atoms with Gasteiger partial charge in [-0.25, -0.2) is 9.37 Å². The van der Waals surface area contributed by atoms with E-state index in [1.807, 2.05) is 0 Å². The van der Waals surface area contributed by atoms with E-state index in [1.165, 1.54) is 23.5 Å². The molecule has 3 N–H and O–H groups in total. The molecule has 1 heterocycles. The van der Waals surface area contributed by atoms with Crippen molar-refractivity contribution >= 4 is 28.3 Å². The van der Waals surface area contributed by atoms with Gasteiger partial charge in [0.05, 0.1) is 12.1 Å². The summed E-state index contributed by atoms with van der Waals surface area (Å²) in [5, 5.41) is 4.74. The number of amides is 2. The van der Waals surface area contributed by atoms with Crippen LogP contribution in [0.2, 0.25) is 0 Å². The minimum atomic E-state index is -0.468. The molecule has 0 spiro atoms. The topological polar surface area (TPSA) is 85.1 Å². The fourth-order valence-electron chi connectivity index (χ4n) is 1.76. The maximum absolute atomic E-state index is 13.0. The molecule has 0 atom stereocenters. The second-order valence-electron chi connectivity index (χ2n) is 4.47. The van der Waals surface area contributed by atoms with Crippen LogP contribution in [0.5, 0.6) is 0 Å². The molecule has 0 unspecified atom stereocenters. The van der Waals surface area contributed by atoms with Crippen LogP contribution in [0.15, 0.2) is 29.6 Å². The summed E-state index contributed by atoms with van der Waals surface area (Å²) in [5.41, 5.74) is 6.36. The van der Waals surface area contributed by atoms with Gasteiger partial charge in [-0.2, -0.15) is 0 Å². The van der Waals surface area contributed by atoms with Crippen LogP contribution in [0.1, 0.15) is 17.7 Å². The first-order valence-electron chi connectivity index (χ1n) is 6.30. The molecular formula is C14H14FN3O2S. The number of anilines is 1.